The SMILES string of the molecule is COc1ccc(CCOc2nsnc2C2=CCCN(C)C2)cc1.O=C(O)C(=O)O. The molecule has 0 atom stereocenters. The Kier molecular flexibility index (Phi) is 8.56. The molecule has 1 aliphatic rings. The van der Waals surface area contributed by atoms with Gasteiger partial charge in [0.05, 0.1) is 25.4 Å². The van der Waals surface area contributed by atoms with Crippen molar-refractivity contribution in [3.05, 3.63) is 41.6 Å². The lowest BCUT2D eigenvalue weighted by Crippen LogP contribution is -2.25. The van der Waals surface area contributed by atoms with Crippen LogP contribution in [0.25, 0.3) is 5.57 Å². The third kappa shape index (κ3) is 7.16. The van der Waals surface area contributed by atoms with Gasteiger partial charge in [-0.05, 0) is 36.7 Å². The second kappa shape index (κ2) is 11.1. The Balaban J connectivity index is 0.000000438. The number of carboxylic acid groups (broad SMARTS) is 2. The largest absolute Gasteiger partial charge is 0.497 e. The number of carbonyl (C=O) groups is 2. The molecule has 0 saturated heterocycles. The minimum absolute atomic E-state index is 0.591. The fourth-order valence-corrected chi connectivity index (χ4v) is 3.13. The molecule has 2 N–H and O–H groups in total. The zero-order valence-electron chi connectivity index (χ0n) is 16.2. The van der Waals surface area contributed by atoms with Crippen molar-refractivity contribution < 1.29 is 29.3 Å². The van der Waals surface area contributed by atoms with Gasteiger partial charge in [-0.3, -0.25) is 0 Å². The number of aromatic nitrogens is 2. The van der Waals surface area contributed by atoms with Gasteiger partial charge < -0.3 is 24.6 Å². The minimum Gasteiger partial charge on any atom is -0.497 e. The van der Waals surface area contributed by atoms with E-state index in [1.165, 1.54) is 22.9 Å². The first kappa shape index (κ1) is 22.3. The Morgan fingerprint density at radius 3 is 2.45 bits per heavy atom. The van der Waals surface area contributed by atoms with Crippen LogP contribution in [0.3, 0.4) is 0 Å². The third-order valence-corrected chi connectivity index (χ3v) is 4.59. The average Bonchev–Trinajstić information content (AvgIpc) is 3.17. The number of methoxy groups -OCH3 is 1. The Bertz CT molecular complexity index is 838. The Morgan fingerprint density at radius 2 is 1.86 bits per heavy atom. The Morgan fingerprint density at radius 1 is 1.17 bits per heavy atom. The highest BCUT2D eigenvalue weighted by molar-refractivity contribution is 6.99. The summed E-state index contributed by atoms with van der Waals surface area (Å²) in [5, 5.41) is 14.8. The van der Waals surface area contributed by atoms with Crippen LogP contribution in [0, 0.1) is 0 Å². The van der Waals surface area contributed by atoms with Crippen LogP contribution in [0.2, 0.25) is 0 Å². The zero-order valence-corrected chi connectivity index (χ0v) is 17.0. The van der Waals surface area contributed by atoms with Crippen molar-refractivity contribution in [2.75, 3.05) is 33.9 Å². The normalized spacial score (nSPS) is 13.7. The number of aliphatic carboxylic acids is 2. The van der Waals surface area contributed by atoms with Crippen molar-refractivity contribution in [3.8, 4) is 11.6 Å². The van der Waals surface area contributed by atoms with Gasteiger partial charge >= 0.3 is 11.9 Å². The second-order valence-corrected chi connectivity index (χ2v) is 6.76. The Labute approximate surface area is 172 Å². The molecule has 10 heteroatoms. The number of benzene rings is 1. The van der Waals surface area contributed by atoms with Crippen molar-refractivity contribution in [1.29, 1.82) is 0 Å². The standard InChI is InChI=1S/C17H21N3O2S.C2H2O4/c1-20-10-3-4-14(12-20)16-17(19-23-18-16)22-11-9-13-5-7-15(21-2)8-6-13;3-1(4)2(5)6/h4-8H,3,9-12H2,1-2H3;(H,3,4)(H,5,6). The maximum atomic E-state index is 9.10. The average molecular weight is 421 g/mol. The summed E-state index contributed by atoms with van der Waals surface area (Å²) in [5.74, 6) is -2.12. The molecule has 0 spiro atoms. The number of rotatable bonds is 6. The van der Waals surface area contributed by atoms with E-state index in [4.69, 9.17) is 29.3 Å². The van der Waals surface area contributed by atoms with Crippen molar-refractivity contribution in [2.24, 2.45) is 0 Å². The first-order valence-electron chi connectivity index (χ1n) is 8.83. The summed E-state index contributed by atoms with van der Waals surface area (Å²) in [6.07, 6.45) is 4.13. The van der Waals surface area contributed by atoms with E-state index in [-0.39, 0.29) is 0 Å². The molecule has 2 heterocycles. The molecule has 1 aromatic heterocycles. The van der Waals surface area contributed by atoms with Gasteiger partial charge in [0, 0.05) is 19.5 Å². The van der Waals surface area contributed by atoms with Crippen molar-refractivity contribution in [2.45, 2.75) is 12.8 Å². The van der Waals surface area contributed by atoms with Crippen LogP contribution in [0.4, 0.5) is 0 Å². The lowest BCUT2D eigenvalue weighted by Gasteiger charge is -2.22. The molecule has 0 bridgehead atoms. The lowest BCUT2D eigenvalue weighted by molar-refractivity contribution is -0.159. The quantitative estimate of drug-likeness (QED) is 0.675. The number of carboxylic acids is 2. The lowest BCUT2D eigenvalue weighted by atomic mass is 10.1. The van der Waals surface area contributed by atoms with Gasteiger partial charge in [-0.2, -0.15) is 4.37 Å². The first-order valence-corrected chi connectivity index (χ1v) is 9.56. The van der Waals surface area contributed by atoms with E-state index >= 15 is 0 Å². The molecule has 3 rings (SSSR count). The third-order valence-electron chi connectivity index (χ3n) is 4.08. The summed E-state index contributed by atoms with van der Waals surface area (Å²) >= 11 is 1.21. The topological polar surface area (TPSA) is 122 Å². The van der Waals surface area contributed by atoms with E-state index in [0.29, 0.717) is 12.5 Å². The predicted octanol–water partition coefficient (Wildman–Crippen LogP) is 2.04. The fourth-order valence-electron chi connectivity index (χ4n) is 2.59. The van der Waals surface area contributed by atoms with E-state index in [0.717, 1.165) is 37.4 Å². The van der Waals surface area contributed by atoms with E-state index in [1.807, 2.05) is 12.1 Å². The molecular formula is C19H23N3O6S. The highest BCUT2D eigenvalue weighted by atomic mass is 32.1. The fraction of sp³-hybridized carbons (Fsp3) is 0.368. The molecule has 0 radical (unpaired) electrons. The van der Waals surface area contributed by atoms with E-state index < -0.39 is 11.9 Å². The number of ether oxygens (including phenoxy) is 2. The number of hydrogen-bond donors (Lipinski definition) is 2. The molecule has 0 saturated carbocycles. The molecule has 9 nitrogen and oxygen atoms in total. The smallest absolute Gasteiger partial charge is 0.414 e. The molecule has 0 amide bonds. The molecule has 1 aliphatic heterocycles. The van der Waals surface area contributed by atoms with Crippen molar-refractivity contribution >= 4 is 29.2 Å². The highest BCUT2D eigenvalue weighted by Gasteiger charge is 2.18. The van der Waals surface area contributed by atoms with Crippen LogP contribution in [-0.4, -0.2) is 69.7 Å². The molecule has 1 aromatic carbocycles. The maximum absolute atomic E-state index is 9.10. The monoisotopic (exact) mass is 421 g/mol. The summed E-state index contributed by atoms with van der Waals surface area (Å²) in [5.41, 5.74) is 3.33. The van der Waals surface area contributed by atoms with E-state index in [1.54, 1.807) is 7.11 Å². The van der Waals surface area contributed by atoms with Gasteiger partial charge in [0.1, 0.15) is 11.4 Å². The minimum atomic E-state index is -1.82. The summed E-state index contributed by atoms with van der Waals surface area (Å²) < 4.78 is 19.8. The second-order valence-electron chi connectivity index (χ2n) is 6.23. The van der Waals surface area contributed by atoms with Crippen LogP contribution < -0.4 is 9.47 Å². The molecule has 0 unspecified atom stereocenters. The molecule has 2 aromatic rings. The number of likely N-dealkylation sites (N-methyl/N-ethyl adjacent to an activating group) is 1. The number of nitrogens with zero attached hydrogens (tertiary/aromatic N) is 3. The maximum Gasteiger partial charge on any atom is 0.414 e. The first-order chi connectivity index (χ1) is 13.9. The van der Waals surface area contributed by atoms with Crippen LogP contribution >= 0.6 is 11.7 Å². The van der Waals surface area contributed by atoms with Crippen LogP contribution in [0.5, 0.6) is 11.6 Å². The van der Waals surface area contributed by atoms with Crippen LogP contribution in [-0.2, 0) is 16.0 Å². The van der Waals surface area contributed by atoms with E-state index in [9.17, 15) is 0 Å². The van der Waals surface area contributed by atoms with Crippen molar-refractivity contribution in [3.63, 3.8) is 0 Å². The van der Waals surface area contributed by atoms with Crippen molar-refractivity contribution in [1.82, 2.24) is 13.6 Å². The number of hydrogen-bond acceptors (Lipinski definition) is 8. The summed E-state index contributed by atoms with van der Waals surface area (Å²) in [7, 11) is 3.79. The van der Waals surface area contributed by atoms with Gasteiger partial charge in [0.2, 0.25) is 0 Å². The van der Waals surface area contributed by atoms with Gasteiger partial charge in [-0.1, -0.05) is 18.2 Å². The molecule has 0 aliphatic carbocycles. The molecule has 29 heavy (non-hydrogen) atoms. The molecular weight excluding hydrogens is 398 g/mol. The van der Waals surface area contributed by atoms with Gasteiger partial charge in [-0.25, -0.2) is 9.59 Å². The predicted molar refractivity (Wildman–Crippen MR) is 107 cm³/mol. The van der Waals surface area contributed by atoms with Gasteiger partial charge in [-0.15, -0.1) is 4.37 Å². The highest BCUT2D eigenvalue weighted by Crippen LogP contribution is 2.27. The molecule has 0 fully saturated rings. The van der Waals surface area contributed by atoms with Gasteiger partial charge in [0.15, 0.2) is 0 Å². The summed E-state index contributed by atoms with van der Waals surface area (Å²) in [4.78, 5) is 20.5. The van der Waals surface area contributed by atoms with E-state index in [2.05, 4.69) is 38.9 Å². The Hall–Kier alpha value is -2.98. The summed E-state index contributed by atoms with van der Waals surface area (Å²) in [6.45, 7) is 2.59. The van der Waals surface area contributed by atoms with Gasteiger partial charge in [0.25, 0.3) is 5.88 Å². The van der Waals surface area contributed by atoms with Crippen LogP contribution in [0.1, 0.15) is 17.7 Å². The summed E-state index contributed by atoms with van der Waals surface area (Å²) in [6, 6.07) is 8.05. The van der Waals surface area contributed by atoms with Crippen LogP contribution in [0.15, 0.2) is 30.3 Å². The zero-order chi connectivity index (χ0) is 21.2. The molecule has 156 valence electrons.